The topological polar surface area (TPSA) is 97.2 Å². The maximum atomic E-state index is 13.6. The van der Waals surface area contributed by atoms with E-state index in [9.17, 15) is 9.18 Å². The predicted octanol–water partition coefficient (Wildman–Crippen LogP) is 5.51. The van der Waals surface area contributed by atoms with Gasteiger partial charge in [-0.1, -0.05) is 18.2 Å². The number of rotatable bonds is 8. The Bertz CT molecular complexity index is 1770. The summed E-state index contributed by atoms with van der Waals surface area (Å²) in [5.74, 6) is 0.600. The normalized spacial score (nSPS) is 15.6. The number of likely N-dealkylation sites (tertiary alicyclic amines) is 1. The zero-order chi connectivity index (χ0) is 28.3. The summed E-state index contributed by atoms with van der Waals surface area (Å²) in [4.78, 5) is 23.9. The van der Waals surface area contributed by atoms with E-state index in [4.69, 9.17) is 4.74 Å². The Labute approximate surface area is 236 Å². The molecule has 1 atom stereocenters. The number of hydrogen-bond donors (Lipinski definition) is 2. The van der Waals surface area contributed by atoms with Gasteiger partial charge in [-0.3, -0.25) is 14.4 Å². The molecule has 5 aromatic rings. The third-order valence-corrected chi connectivity index (χ3v) is 7.39. The molecule has 0 saturated carbocycles. The van der Waals surface area contributed by atoms with Crippen LogP contribution >= 0.6 is 0 Å². The molecule has 3 heterocycles. The molecule has 10 heteroatoms. The Hall–Kier alpha value is -4.83. The summed E-state index contributed by atoms with van der Waals surface area (Å²) in [5.41, 5.74) is 3.78. The molecule has 208 valence electrons. The van der Waals surface area contributed by atoms with Gasteiger partial charge in [-0.25, -0.2) is 14.4 Å². The Morgan fingerprint density at radius 1 is 1.17 bits per heavy atom. The number of likely N-dealkylation sites (N-methyl/N-ethyl adjacent to an activating group) is 1. The van der Waals surface area contributed by atoms with Crippen LogP contribution < -0.4 is 15.4 Å². The number of nitrogens with one attached hydrogen (secondary N) is 2. The van der Waals surface area contributed by atoms with E-state index in [2.05, 4.69) is 37.6 Å². The van der Waals surface area contributed by atoms with E-state index in [-0.39, 0.29) is 17.8 Å². The van der Waals surface area contributed by atoms with Gasteiger partial charge in [-0.15, -0.1) is 0 Å². The van der Waals surface area contributed by atoms with Crippen LogP contribution in [-0.2, 0) is 11.3 Å². The van der Waals surface area contributed by atoms with Crippen LogP contribution in [0.15, 0.2) is 79.3 Å². The van der Waals surface area contributed by atoms with Gasteiger partial charge in [-0.2, -0.15) is 5.10 Å². The molecule has 0 spiro atoms. The number of nitrogens with zero attached hydrogens (tertiary/aromatic N) is 5. The van der Waals surface area contributed by atoms with Crippen LogP contribution in [0, 0.1) is 5.82 Å². The van der Waals surface area contributed by atoms with Gasteiger partial charge in [0, 0.05) is 34.6 Å². The molecule has 1 fully saturated rings. The molecule has 3 aromatic carbocycles. The fourth-order valence-electron chi connectivity index (χ4n) is 5.24. The lowest BCUT2D eigenvalue weighted by molar-refractivity contribution is -0.111. The van der Waals surface area contributed by atoms with Crippen molar-refractivity contribution in [3.05, 3.63) is 90.7 Å². The molecule has 1 aliphatic heterocycles. The quantitative estimate of drug-likeness (QED) is 0.246. The van der Waals surface area contributed by atoms with Crippen molar-refractivity contribution in [3.63, 3.8) is 0 Å². The zero-order valence-corrected chi connectivity index (χ0v) is 22.8. The number of hydrogen-bond acceptors (Lipinski definition) is 7. The maximum absolute atomic E-state index is 13.6. The molecule has 0 radical (unpaired) electrons. The fraction of sp³-hybridized carbons (Fsp3) is 0.226. The van der Waals surface area contributed by atoms with E-state index in [0.29, 0.717) is 29.3 Å². The summed E-state index contributed by atoms with van der Waals surface area (Å²) >= 11 is 0. The summed E-state index contributed by atoms with van der Waals surface area (Å²) in [7, 11) is 3.63. The molecule has 0 bridgehead atoms. The van der Waals surface area contributed by atoms with Crippen LogP contribution in [-0.4, -0.2) is 57.3 Å². The van der Waals surface area contributed by atoms with Crippen LogP contribution in [0.2, 0.25) is 0 Å². The molecule has 1 unspecified atom stereocenters. The molecule has 6 rings (SSSR count). The van der Waals surface area contributed by atoms with Crippen LogP contribution in [0.3, 0.4) is 0 Å². The highest BCUT2D eigenvalue weighted by atomic mass is 19.1. The summed E-state index contributed by atoms with van der Waals surface area (Å²) in [5, 5.41) is 12.5. The second kappa shape index (κ2) is 11.3. The second-order valence-electron chi connectivity index (χ2n) is 10.2. The van der Waals surface area contributed by atoms with Crippen LogP contribution in [0.25, 0.3) is 21.8 Å². The van der Waals surface area contributed by atoms with Crippen LogP contribution in [0.5, 0.6) is 5.75 Å². The van der Waals surface area contributed by atoms with Crippen LogP contribution in [0.4, 0.5) is 21.6 Å². The van der Waals surface area contributed by atoms with Crippen molar-refractivity contribution in [3.8, 4) is 5.75 Å². The second-order valence-corrected chi connectivity index (χ2v) is 10.2. The molecule has 0 aliphatic carbocycles. The molecule has 1 aliphatic rings. The van der Waals surface area contributed by atoms with Crippen molar-refractivity contribution in [1.29, 1.82) is 0 Å². The zero-order valence-electron chi connectivity index (χ0n) is 22.8. The average molecular weight is 552 g/mol. The summed E-state index contributed by atoms with van der Waals surface area (Å²) in [6, 6.07) is 16.3. The van der Waals surface area contributed by atoms with Crippen molar-refractivity contribution >= 4 is 44.9 Å². The first-order valence-electron chi connectivity index (χ1n) is 13.5. The monoisotopic (exact) mass is 551 g/mol. The highest BCUT2D eigenvalue weighted by Crippen LogP contribution is 2.33. The smallest absolute Gasteiger partial charge is 0.248 e. The molecule has 1 amide bonds. The standard InChI is InChI=1S/C31H30FN7O2/c1-38-12-4-7-24(38)9-11-30(40)37-27-15-25-26(16-29(27)41-2)33-19-34-31(25)36-23-8-10-28-21(14-23)17-35-39(28)18-20-5-3-6-22(32)13-20/h3,5-6,8-11,13-17,19,24H,4,7,12,18H2,1-2H3,(H,37,40)(H,33,34,36)/b11-9+. The number of halogens is 1. The number of carbonyl (C=O) groups is 1. The van der Waals surface area contributed by atoms with Gasteiger partial charge in [-0.05, 0) is 68.4 Å². The van der Waals surface area contributed by atoms with E-state index < -0.39 is 0 Å². The molecule has 9 nitrogen and oxygen atoms in total. The molecule has 2 N–H and O–H groups in total. The number of amides is 1. The van der Waals surface area contributed by atoms with Crippen molar-refractivity contribution in [2.24, 2.45) is 0 Å². The molecule has 1 saturated heterocycles. The van der Waals surface area contributed by atoms with E-state index in [1.165, 1.54) is 18.5 Å². The molecule has 41 heavy (non-hydrogen) atoms. The summed E-state index contributed by atoms with van der Waals surface area (Å²) in [6.07, 6.45) is 8.98. The van der Waals surface area contributed by atoms with Crippen molar-refractivity contribution in [1.82, 2.24) is 24.6 Å². The van der Waals surface area contributed by atoms with Gasteiger partial charge in [0.1, 0.15) is 23.7 Å². The molecular weight excluding hydrogens is 521 g/mol. The van der Waals surface area contributed by atoms with Gasteiger partial charge < -0.3 is 15.4 Å². The lowest BCUT2D eigenvalue weighted by atomic mass is 10.1. The summed E-state index contributed by atoms with van der Waals surface area (Å²) in [6.45, 7) is 1.50. The molecule has 2 aromatic heterocycles. The Morgan fingerprint density at radius 2 is 2.07 bits per heavy atom. The van der Waals surface area contributed by atoms with E-state index in [1.807, 2.05) is 41.1 Å². The number of methoxy groups -OCH3 is 1. The Morgan fingerprint density at radius 3 is 2.88 bits per heavy atom. The lowest BCUT2D eigenvalue weighted by Gasteiger charge is -2.15. The fourth-order valence-corrected chi connectivity index (χ4v) is 5.24. The largest absolute Gasteiger partial charge is 0.494 e. The van der Waals surface area contributed by atoms with Gasteiger partial charge in [0.25, 0.3) is 0 Å². The minimum atomic E-state index is -0.267. The van der Waals surface area contributed by atoms with E-state index >= 15 is 0 Å². The van der Waals surface area contributed by atoms with Gasteiger partial charge in [0.05, 0.1) is 36.6 Å². The minimum Gasteiger partial charge on any atom is -0.494 e. The van der Waals surface area contributed by atoms with E-state index in [1.54, 1.807) is 31.5 Å². The highest BCUT2D eigenvalue weighted by molar-refractivity contribution is 6.03. The average Bonchev–Trinajstić information content (AvgIpc) is 3.57. The van der Waals surface area contributed by atoms with Crippen molar-refractivity contribution in [2.45, 2.75) is 25.4 Å². The maximum Gasteiger partial charge on any atom is 0.248 e. The minimum absolute atomic E-state index is 0.227. The highest BCUT2D eigenvalue weighted by Gasteiger charge is 2.18. The van der Waals surface area contributed by atoms with Crippen LogP contribution in [0.1, 0.15) is 18.4 Å². The number of anilines is 3. The number of ether oxygens (including phenoxy) is 1. The number of aromatic nitrogens is 4. The Balaban J connectivity index is 1.25. The third kappa shape index (κ3) is 5.73. The van der Waals surface area contributed by atoms with E-state index in [0.717, 1.165) is 46.9 Å². The lowest BCUT2D eigenvalue weighted by Crippen LogP contribution is -2.23. The first-order chi connectivity index (χ1) is 20.0. The third-order valence-electron chi connectivity index (χ3n) is 7.39. The van der Waals surface area contributed by atoms with Gasteiger partial charge in [0.2, 0.25) is 5.91 Å². The Kier molecular flexibility index (Phi) is 7.30. The first-order valence-corrected chi connectivity index (χ1v) is 13.5. The number of fused-ring (bicyclic) bond motifs is 2. The van der Waals surface area contributed by atoms with Gasteiger partial charge in [0.15, 0.2) is 0 Å². The summed E-state index contributed by atoms with van der Waals surface area (Å²) < 4.78 is 21.0. The number of benzene rings is 3. The number of carbonyl (C=O) groups excluding carboxylic acids is 1. The first kappa shape index (κ1) is 26.4. The van der Waals surface area contributed by atoms with Crippen molar-refractivity contribution < 1.29 is 13.9 Å². The van der Waals surface area contributed by atoms with Gasteiger partial charge >= 0.3 is 0 Å². The predicted molar refractivity (Wildman–Crippen MR) is 158 cm³/mol. The SMILES string of the molecule is COc1cc2ncnc(Nc3ccc4c(cnn4Cc4cccc(F)c4)c3)c2cc1NC(=O)/C=C/C1CCCN1C. The molecular formula is C31H30FN7O2. The van der Waals surface area contributed by atoms with Crippen molar-refractivity contribution in [2.75, 3.05) is 31.3 Å².